The number of benzene rings is 2. The standard InChI is InChI=1S/C13H14N2O4.C9H11NO.C3H9N.C3H8/c1-7(2)14-12-10(13(18)19-12)15-9-5-3-4-8(6-16)11(9)17;1-8(10-7-11)9-5-3-2-4-6-9;1-4(2)3;1-3-2/h3-7,14-15,17H,1-2H3;2-8H,1H3,(H,10,11);1-3H3;3H2,1-2H3. The van der Waals surface area contributed by atoms with Crippen LogP contribution in [0.5, 0.6) is 5.75 Å². The zero-order chi connectivity index (χ0) is 28.4. The lowest BCUT2D eigenvalue weighted by Crippen LogP contribution is -2.37. The molecule has 1 heterocycles. The highest BCUT2D eigenvalue weighted by Crippen LogP contribution is 2.30. The highest BCUT2D eigenvalue weighted by Gasteiger charge is 2.31. The zero-order valence-electron chi connectivity index (χ0n) is 23.2. The number of aldehydes is 1. The van der Waals surface area contributed by atoms with Crippen LogP contribution in [0.25, 0.3) is 0 Å². The highest BCUT2D eigenvalue weighted by molar-refractivity contribution is 5.99. The molecule has 0 spiro atoms. The summed E-state index contributed by atoms with van der Waals surface area (Å²) in [5.41, 5.74) is 1.78. The first-order valence-electron chi connectivity index (χ1n) is 12.1. The molecule has 0 aromatic heterocycles. The van der Waals surface area contributed by atoms with Crippen molar-refractivity contribution < 1.29 is 24.2 Å². The Balaban J connectivity index is 0.000000606. The van der Waals surface area contributed by atoms with E-state index in [9.17, 15) is 19.5 Å². The van der Waals surface area contributed by atoms with Gasteiger partial charge in [-0.25, -0.2) is 4.79 Å². The van der Waals surface area contributed by atoms with E-state index in [-0.39, 0.29) is 34.8 Å². The van der Waals surface area contributed by atoms with Crippen molar-refractivity contribution >= 4 is 24.4 Å². The lowest BCUT2D eigenvalue weighted by Gasteiger charge is -2.25. The van der Waals surface area contributed by atoms with E-state index in [4.69, 9.17) is 4.74 Å². The van der Waals surface area contributed by atoms with E-state index in [0.29, 0.717) is 12.2 Å². The summed E-state index contributed by atoms with van der Waals surface area (Å²) in [4.78, 5) is 34.2. The summed E-state index contributed by atoms with van der Waals surface area (Å²) in [6, 6.07) is 14.7. The topological polar surface area (TPSA) is 120 Å². The van der Waals surface area contributed by atoms with Gasteiger partial charge in [0.2, 0.25) is 12.3 Å². The third-order valence-electron chi connectivity index (χ3n) is 4.12. The average molecular weight is 515 g/mol. The minimum Gasteiger partial charge on any atom is -0.505 e. The first-order valence-corrected chi connectivity index (χ1v) is 12.1. The van der Waals surface area contributed by atoms with Gasteiger partial charge < -0.3 is 30.7 Å². The second-order valence-electron chi connectivity index (χ2n) is 8.84. The monoisotopic (exact) mass is 514 g/mol. The number of rotatable bonds is 8. The van der Waals surface area contributed by atoms with Crippen LogP contribution in [0.4, 0.5) is 5.69 Å². The van der Waals surface area contributed by atoms with Crippen molar-refractivity contribution in [2.75, 3.05) is 26.5 Å². The quantitative estimate of drug-likeness (QED) is 0.232. The number of hydrogen-bond acceptors (Lipinski definition) is 8. The van der Waals surface area contributed by atoms with Gasteiger partial charge in [-0.05, 0) is 59.6 Å². The Bertz CT molecular complexity index is 989. The molecule has 9 nitrogen and oxygen atoms in total. The molecule has 0 fully saturated rings. The van der Waals surface area contributed by atoms with Gasteiger partial charge in [-0.1, -0.05) is 56.7 Å². The Morgan fingerprint density at radius 2 is 1.54 bits per heavy atom. The summed E-state index contributed by atoms with van der Waals surface area (Å²) in [5.74, 6) is -0.386. The van der Waals surface area contributed by atoms with Crippen molar-refractivity contribution in [3.63, 3.8) is 0 Å². The number of carbonyl (C=O) groups excluding carboxylic acids is 3. The number of ether oxygens (including phenoxy) is 1. The Morgan fingerprint density at radius 3 is 2.00 bits per heavy atom. The van der Waals surface area contributed by atoms with Crippen molar-refractivity contribution in [1.82, 2.24) is 15.5 Å². The predicted octanol–water partition coefficient (Wildman–Crippen LogP) is 4.43. The first-order chi connectivity index (χ1) is 17.5. The van der Waals surface area contributed by atoms with E-state index in [1.807, 2.05) is 77.1 Å². The van der Waals surface area contributed by atoms with Crippen molar-refractivity contribution in [1.29, 1.82) is 0 Å². The molecule has 3 rings (SSSR count). The Morgan fingerprint density at radius 1 is 0.973 bits per heavy atom. The largest absolute Gasteiger partial charge is 0.505 e. The van der Waals surface area contributed by atoms with Crippen LogP contribution in [0.1, 0.15) is 63.0 Å². The van der Waals surface area contributed by atoms with Gasteiger partial charge in [0.05, 0.1) is 17.3 Å². The maximum Gasteiger partial charge on any atom is 0.367 e. The summed E-state index contributed by atoms with van der Waals surface area (Å²) in [5, 5.41) is 18.2. The normalized spacial score (nSPS) is 12.2. The summed E-state index contributed by atoms with van der Waals surface area (Å²) < 4.78 is 4.85. The summed E-state index contributed by atoms with van der Waals surface area (Å²) in [7, 11) is 6.00. The number of aromatic hydroxyl groups is 1. The lowest BCUT2D eigenvalue weighted by molar-refractivity contribution is -0.141. The highest BCUT2D eigenvalue weighted by atomic mass is 16.6. The molecule has 9 heteroatoms. The lowest BCUT2D eigenvalue weighted by atomic mass is 10.1. The molecule has 1 aliphatic heterocycles. The number of hydrogen-bond donors (Lipinski definition) is 4. The smallest absolute Gasteiger partial charge is 0.367 e. The minimum atomic E-state index is -0.515. The number of para-hydroxylation sites is 1. The molecule has 1 unspecified atom stereocenters. The van der Waals surface area contributed by atoms with E-state index < -0.39 is 5.97 Å². The maximum atomic E-state index is 11.4. The van der Waals surface area contributed by atoms with Crippen LogP contribution in [0.3, 0.4) is 0 Å². The number of phenols is 1. The maximum absolute atomic E-state index is 11.4. The van der Waals surface area contributed by atoms with Gasteiger partial charge in [-0.15, -0.1) is 0 Å². The van der Waals surface area contributed by atoms with Gasteiger partial charge in [-0.3, -0.25) is 9.59 Å². The summed E-state index contributed by atoms with van der Waals surface area (Å²) >= 11 is 0. The molecular weight excluding hydrogens is 472 g/mol. The third-order valence-corrected chi connectivity index (χ3v) is 4.12. The fourth-order valence-corrected chi connectivity index (χ4v) is 2.54. The van der Waals surface area contributed by atoms with Crippen LogP contribution in [0.2, 0.25) is 0 Å². The number of nitrogens with zero attached hydrogens (tertiary/aromatic N) is 1. The van der Waals surface area contributed by atoms with Crippen LogP contribution in [0.15, 0.2) is 60.1 Å². The molecule has 0 bridgehead atoms. The molecule has 0 saturated heterocycles. The second kappa shape index (κ2) is 18.4. The molecular formula is C28H42N4O5. The Kier molecular flexibility index (Phi) is 16.5. The number of nitrogens with one attached hydrogen (secondary N) is 3. The van der Waals surface area contributed by atoms with Crippen LogP contribution < -0.4 is 16.0 Å². The zero-order valence-corrected chi connectivity index (χ0v) is 23.2. The van der Waals surface area contributed by atoms with Gasteiger partial charge in [0, 0.05) is 6.04 Å². The van der Waals surface area contributed by atoms with Crippen LogP contribution in [0, 0.1) is 0 Å². The van der Waals surface area contributed by atoms with E-state index in [1.165, 1.54) is 12.5 Å². The van der Waals surface area contributed by atoms with Crippen LogP contribution in [-0.2, 0) is 14.3 Å². The molecule has 2 aromatic rings. The molecule has 37 heavy (non-hydrogen) atoms. The van der Waals surface area contributed by atoms with E-state index in [1.54, 1.807) is 12.1 Å². The predicted molar refractivity (Wildman–Crippen MR) is 148 cm³/mol. The number of anilines is 1. The molecule has 1 aliphatic rings. The Labute approximate surface area is 220 Å². The van der Waals surface area contributed by atoms with Gasteiger partial charge in [0.15, 0.2) is 12.0 Å². The average Bonchev–Trinajstić information content (AvgIpc) is 2.84. The summed E-state index contributed by atoms with van der Waals surface area (Å²) in [6.45, 7) is 10.0. The number of esters is 1. The van der Waals surface area contributed by atoms with Gasteiger partial charge in [0.25, 0.3) is 0 Å². The SMILES string of the molecule is CC(C)NC1=C(Nc2cccc(C=O)c2O)C(=O)O1.CC(NC=O)c1ccccc1.CCC.CN(C)C. The van der Waals surface area contributed by atoms with Crippen molar-refractivity contribution in [3.8, 4) is 5.75 Å². The summed E-state index contributed by atoms with van der Waals surface area (Å²) in [6.07, 6.45) is 2.51. The van der Waals surface area contributed by atoms with Crippen molar-refractivity contribution in [2.45, 2.75) is 53.1 Å². The Hall–Kier alpha value is -3.85. The van der Waals surface area contributed by atoms with Crippen molar-refractivity contribution in [3.05, 3.63) is 71.2 Å². The molecule has 0 radical (unpaired) electrons. The van der Waals surface area contributed by atoms with E-state index in [2.05, 4.69) is 29.8 Å². The molecule has 4 N–H and O–H groups in total. The van der Waals surface area contributed by atoms with E-state index >= 15 is 0 Å². The number of phenolic OH excluding ortho intramolecular Hbond substituents is 1. The van der Waals surface area contributed by atoms with Crippen molar-refractivity contribution in [2.24, 2.45) is 0 Å². The molecule has 0 saturated carbocycles. The number of amides is 1. The fourth-order valence-electron chi connectivity index (χ4n) is 2.54. The minimum absolute atomic E-state index is 0.105. The van der Waals surface area contributed by atoms with Crippen LogP contribution >= 0.6 is 0 Å². The number of carbonyl (C=O) groups is 3. The molecule has 2 aromatic carbocycles. The molecule has 204 valence electrons. The molecule has 1 atom stereocenters. The second-order valence-corrected chi connectivity index (χ2v) is 8.84. The first kappa shape index (κ1) is 33.1. The molecule has 0 aliphatic carbocycles. The number of cyclic esters (lactones) is 1. The van der Waals surface area contributed by atoms with Gasteiger partial charge in [0.1, 0.15) is 5.75 Å². The molecule has 1 amide bonds. The van der Waals surface area contributed by atoms with Gasteiger partial charge in [-0.2, -0.15) is 0 Å². The van der Waals surface area contributed by atoms with Crippen LogP contribution in [-0.4, -0.2) is 55.9 Å². The van der Waals surface area contributed by atoms with E-state index in [0.717, 1.165) is 12.0 Å². The fraction of sp³-hybridized carbons (Fsp3) is 0.393. The van der Waals surface area contributed by atoms with Gasteiger partial charge >= 0.3 is 5.97 Å². The third kappa shape index (κ3) is 13.1.